The van der Waals surface area contributed by atoms with E-state index in [-0.39, 0.29) is 36.6 Å². The summed E-state index contributed by atoms with van der Waals surface area (Å²) in [5.41, 5.74) is 5.76. The quantitative estimate of drug-likeness (QED) is 0.896. The Hall–Kier alpha value is -0.780. The van der Waals surface area contributed by atoms with Gasteiger partial charge in [-0.2, -0.15) is 0 Å². The van der Waals surface area contributed by atoms with E-state index < -0.39 is 0 Å². The van der Waals surface area contributed by atoms with Gasteiger partial charge in [0.2, 0.25) is 5.91 Å². The first kappa shape index (κ1) is 17.3. The van der Waals surface area contributed by atoms with Gasteiger partial charge >= 0.3 is 0 Å². The summed E-state index contributed by atoms with van der Waals surface area (Å²) in [6, 6.07) is 0. The maximum atomic E-state index is 12.5. The average Bonchev–Trinajstić information content (AvgIpc) is 3.05. The number of imidazole rings is 1. The molecule has 1 amide bonds. The smallest absolute Gasteiger partial charge is 0.226 e. The predicted octanol–water partition coefficient (Wildman–Crippen LogP) is 1.44. The fourth-order valence-corrected chi connectivity index (χ4v) is 3.24. The van der Waals surface area contributed by atoms with Crippen LogP contribution in [0.2, 0.25) is 0 Å². The Balaban J connectivity index is 0.000001000. The molecule has 5 nitrogen and oxygen atoms in total. The summed E-state index contributed by atoms with van der Waals surface area (Å²) in [6.45, 7) is 2.95. The molecule has 1 aromatic rings. The van der Waals surface area contributed by atoms with Gasteiger partial charge in [-0.25, -0.2) is 4.98 Å². The monoisotopic (exact) mass is 320 g/mol. The number of aromatic nitrogens is 2. The Kier molecular flexibility index (Phi) is 6.30. The Morgan fingerprint density at radius 1 is 1.35 bits per heavy atom. The molecule has 2 atom stereocenters. The van der Waals surface area contributed by atoms with Gasteiger partial charge in [0.05, 0.1) is 6.54 Å². The molecule has 0 saturated heterocycles. The first-order valence-electron chi connectivity index (χ1n) is 6.78. The molecule has 1 aliphatic carbocycles. The first-order valence-corrected chi connectivity index (χ1v) is 6.78. The summed E-state index contributed by atoms with van der Waals surface area (Å²) in [7, 11) is 0. The van der Waals surface area contributed by atoms with Crippen LogP contribution in [0.3, 0.4) is 0 Å². The number of fused-ring (bicyclic) bond motifs is 1. The summed E-state index contributed by atoms with van der Waals surface area (Å²) in [5.74, 6) is 1.82. The van der Waals surface area contributed by atoms with E-state index in [9.17, 15) is 4.79 Å². The number of nitrogens with two attached hydrogens (primary N) is 1. The number of hydrogen-bond acceptors (Lipinski definition) is 3. The van der Waals surface area contributed by atoms with Gasteiger partial charge in [-0.3, -0.25) is 4.79 Å². The summed E-state index contributed by atoms with van der Waals surface area (Å²) < 4.78 is 2.12. The molecule has 114 valence electrons. The van der Waals surface area contributed by atoms with Crippen molar-refractivity contribution >= 4 is 30.7 Å². The molecule has 1 aromatic heterocycles. The van der Waals surface area contributed by atoms with Crippen molar-refractivity contribution < 1.29 is 4.79 Å². The van der Waals surface area contributed by atoms with Gasteiger partial charge in [0.25, 0.3) is 0 Å². The first-order chi connectivity index (χ1) is 8.79. The molecule has 0 unspecified atom stereocenters. The number of rotatable bonds is 2. The molecule has 2 N–H and O–H groups in total. The molecular formula is C13H22Cl2N4O. The van der Waals surface area contributed by atoms with Crippen molar-refractivity contribution in [3.8, 4) is 0 Å². The van der Waals surface area contributed by atoms with Gasteiger partial charge in [-0.1, -0.05) is 6.42 Å². The second-order valence-electron chi connectivity index (χ2n) is 5.33. The molecule has 3 rings (SSSR count). The lowest BCUT2D eigenvalue weighted by molar-refractivity contribution is -0.138. The SMILES string of the molecule is Cl.Cl.NC[C@H]1CCC[C@H]1C(=O)N1CCn2ccnc2C1. The topological polar surface area (TPSA) is 64.2 Å². The van der Waals surface area contributed by atoms with Crippen molar-refractivity contribution in [2.45, 2.75) is 32.4 Å². The third-order valence-electron chi connectivity index (χ3n) is 4.34. The zero-order valence-corrected chi connectivity index (χ0v) is 13.0. The fraction of sp³-hybridized carbons (Fsp3) is 0.692. The Labute approximate surface area is 131 Å². The Bertz CT molecular complexity index is 451. The molecule has 0 spiro atoms. The highest BCUT2D eigenvalue weighted by atomic mass is 35.5. The maximum absolute atomic E-state index is 12.5. The highest BCUT2D eigenvalue weighted by Gasteiger charge is 2.35. The zero-order valence-electron chi connectivity index (χ0n) is 11.4. The minimum absolute atomic E-state index is 0. The summed E-state index contributed by atoms with van der Waals surface area (Å²) in [6.07, 6.45) is 7.04. The zero-order chi connectivity index (χ0) is 12.5. The van der Waals surface area contributed by atoms with Crippen LogP contribution in [0, 0.1) is 11.8 Å². The average molecular weight is 321 g/mol. The van der Waals surface area contributed by atoms with Crippen molar-refractivity contribution in [3.63, 3.8) is 0 Å². The van der Waals surface area contributed by atoms with E-state index in [0.29, 0.717) is 19.0 Å². The molecule has 2 heterocycles. The van der Waals surface area contributed by atoms with Crippen LogP contribution in [-0.4, -0.2) is 33.4 Å². The lowest BCUT2D eigenvalue weighted by atomic mass is 9.94. The molecule has 0 aromatic carbocycles. The van der Waals surface area contributed by atoms with Gasteiger partial charge in [0, 0.05) is 31.4 Å². The second-order valence-corrected chi connectivity index (χ2v) is 5.33. The lowest BCUT2D eigenvalue weighted by Crippen LogP contribution is -2.43. The van der Waals surface area contributed by atoms with E-state index in [1.54, 1.807) is 0 Å². The van der Waals surface area contributed by atoms with E-state index in [4.69, 9.17) is 5.73 Å². The van der Waals surface area contributed by atoms with Crippen LogP contribution < -0.4 is 5.73 Å². The highest BCUT2D eigenvalue weighted by molar-refractivity contribution is 5.85. The van der Waals surface area contributed by atoms with Crippen molar-refractivity contribution in [3.05, 3.63) is 18.2 Å². The molecule has 1 saturated carbocycles. The van der Waals surface area contributed by atoms with Crippen LogP contribution in [0.15, 0.2) is 12.4 Å². The van der Waals surface area contributed by atoms with E-state index in [0.717, 1.165) is 38.2 Å². The van der Waals surface area contributed by atoms with Crippen molar-refractivity contribution in [1.82, 2.24) is 14.5 Å². The summed E-state index contributed by atoms with van der Waals surface area (Å²) in [4.78, 5) is 18.8. The predicted molar refractivity (Wildman–Crippen MR) is 82.0 cm³/mol. The Morgan fingerprint density at radius 2 is 2.15 bits per heavy atom. The van der Waals surface area contributed by atoms with Crippen LogP contribution in [0.25, 0.3) is 0 Å². The molecular weight excluding hydrogens is 299 g/mol. The third kappa shape index (κ3) is 3.10. The molecule has 1 aliphatic heterocycles. The van der Waals surface area contributed by atoms with E-state index in [1.807, 2.05) is 17.3 Å². The van der Waals surface area contributed by atoms with E-state index in [2.05, 4.69) is 9.55 Å². The number of halogens is 2. The number of carbonyl (C=O) groups excluding carboxylic acids is 1. The Morgan fingerprint density at radius 3 is 2.90 bits per heavy atom. The minimum Gasteiger partial charge on any atom is -0.333 e. The van der Waals surface area contributed by atoms with Crippen molar-refractivity contribution in [1.29, 1.82) is 0 Å². The van der Waals surface area contributed by atoms with Crippen LogP contribution in [-0.2, 0) is 17.9 Å². The molecule has 2 aliphatic rings. The normalized spacial score (nSPS) is 24.6. The van der Waals surface area contributed by atoms with E-state index in [1.165, 1.54) is 0 Å². The van der Waals surface area contributed by atoms with Crippen LogP contribution in [0.1, 0.15) is 25.1 Å². The summed E-state index contributed by atoms with van der Waals surface area (Å²) >= 11 is 0. The second kappa shape index (κ2) is 7.29. The van der Waals surface area contributed by atoms with Crippen LogP contribution >= 0.6 is 24.8 Å². The highest BCUT2D eigenvalue weighted by Crippen LogP contribution is 2.33. The van der Waals surface area contributed by atoms with Gasteiger partial charge in [-0.15, -0.1) is 24.8 Å². The fourth-order valence-electron chi connectivity index (χ4n) is 3.24. The van der Waals surface area contributed by atoms with Gasteiger partial charge in [0.15, 0.2) is 0 Å². The van der Waals surface area contributed by atoms with Gasteiger partial charge in [-0.05, 0) is 25.3 Å². The largest absolute Gasteiger partial charge is 0.333 e. The van der Waals surface area contributed by atoms with Crippen LogP contribution in [0.5, 0.6) is 0 Å². The van der Waals surface area contributed by atoms with Gasteiger partial charge in [0.1, 0.15) is 5.82 Å². The molecule has 7 heteroatoms. The number of hydrogen-bond donors (Lipinski definition) is 1. The van der Waals surface area contributed by atoms with Gasteiger partial charge < -0.3 is 15.2 Å². The number of carbonyl (C=O) groups is 1. The molecule has 0 bridgehead atoms. The van der Waals surface area contributed by atoms with Crippen LogP contribution in [0.4, 0.5) is 0 Å². The molecule has 1 fully saturated rings. The molecule has 20 heavy (non-hydrogen) atoms. The van der Waals surface area contributed by atoms with Crippen molar-refractivity contribution in [2.75, 3.05) is 13.1 Å². The molecule has 0 radical (unpaired) electrons. The van der Waals surface area contributed by atoms with E-state index >= 15 is 0 Å². The number of amides is 1. The van der Waals surface area contributed by atoms with Crippen molar-refractivity contribution in [2.24, 2.45) is 17.6 Å². The lowest BCUT2D eigenvalue weighted by Gasteiger charge is -2.31. The third-order valence-corrected chi connectivity index (χ3v) is 4.34. The summed E-state index contributed by atoms with van der Waals surface area (Å²) in [5, 5.41) is 0. The standard InChI is InChI=1S/C13H20N4O.2ClH/c14-8-10-2-1-3-11(10)13(18)17-7-6-16-5-4-15-12(16)9-17;;/h4-5,10-11H,1-3,6-9,14H2;2*1H/t10-,11-;;/m1../s1. The minimum atomic E-state index is 0. The number of nitrogens with zero attached hydrogens (tertiary/aromatic N) is 3. The maximum Gasteiger partial charge on any atom is 0.226 e.